The summed E-state index contributed by atoms with van der Waals surface area (Å²) >= 11 is 0. The zero-order valence-corrected chi connectivity index (χ0v) is 12.3. The summed E-state index contributed by atoms with van der Waals surface area (Å²) in [6.07, 6.45) is 2.73. The van der Waals surface area contributed by atoms with Gasteiger partial charge in [-0.15, -0.1) is 0 Å². The van der Waals surface area contributed by atoms with Crippen LogP contribution in [0.1, 0.15) is 12.6 Å². The van der Waals surface area contributed by atoms with E-state index in [2.05, 4.69) is 9.83 Å². The Morgan fingerprint density at radius 3 is 2.32 bits per heavy atom. The lowest BCUT2D eigenvalue weighted by Gasteiger charge is -2.06. The number of benzene rings is 2. The van der Waals surface area contributed by atoms with E-state index in [0.29, 0.717) is 5.69 Å². The first kappa shape index (κ1) is 14.0. The topological polar surface area (TPSA) is 29.4 Å². The molecule has 0 bridgehead atoms. The van der Waals surface area contributed by atoms with Gasteiger partial charge in [-0.3, -0.25) is 0 Å². The Balaban J connectivity index is 1.86. The van der Waals surface area contributed by atoms with E-state index < -0.39 is 0 Å². The second kappa shape index (κ2) is 6.19. The molecule has 0 aliphatic rings. The van der Waals surface area contributed by atoms with Crippen LogP contribution in [0.5, 0.6) is 11.5 Å². The molecule has 0 fully saturated rings. The quantitative estimate of drug-likeness (QED) is 0.623. The van der Waals surface area contributed by atoms with E-state index in [4.69, 9.17) is 11.3 Å². The number of aryl methyl sites for hydroxylation is 1. The summed E-state index contributed by atoms with van der Waals surface area (Å²) in [6.45, 7) is 9.41. The number of aromatic nitrogens is 1. The third kappa shape index (κ3) is 2.72. The monoisotopic (exact) mass is 288 g/mol. The SMILES string of the molecule is [C-]#[N+]c1c(-c2ccc(Oc3ccccc3)cc2)c[nH]c1CC. The second-order valence-corrected chi connectivity index (χ2v) is 4.93. The lowest BCUT2D eigenvalue weighted by molar-refractivity contribution is 0.483. The Hall–Kier alpha value is -2.99. The molecule has 22 heavy (non-hydrogen) atoms. The number of nitrogens with zero attached hydrogens (tertiary/aromatic N) is 1. The van der Waals surface area contributed by atoms with Crippen LogP contribution >= 0.6 is 0 Å². The standard InChI is InChI=1S/C19H16N2O/c1-3-18-19(20-2)17(13-21-18)14-9-11-16(12-10-14)22-15-7-5-4-6-8-15/h4-13,21H,3H2,1H3. The van der Waals surface area contributed by atoms with E-state index in [9.17, 15) is 0 Å². The van der Waals surface area contributed by atoms with Gasteiger partial charge in [0.1, 0.15) is 11.5 Å². The van der Waals surface area contributed by atoms with Crippen LogP contribution in [0.25, 0.3) is 16.0 Å². The van der Waals surface area contributed by atoms with Gasteiger partial charge in [0.15, 0.2) is 0 Å². The predicted molar refractivity (Wildman–Crippen MR) is 88.4 cm³/mol. The number of nitrogens with one attached hydrogen (secondary N) is 1. The number of hydrogen-bond acceptors (Lipinski definition) is 1. The average Bonchev–Trinajstić information content (AvgIpc) is 2.99. The number of para-hydroxylation sites is 1. The van der Waals surface area contributed by atoms with Gasteiger partial charge in [0, 0.05) is 11.3 Å². The summed E-state index contributed by atoms with van der Waals surface area (Å²) in [6, 6.07) is 17.5. The Bertz CT molecular complexity index is 796. The zero-order chi connectivity index (χ0) is 15.4. The van der Waals surface area contributed by atoms with E-state index in [1.54, 1.807) is 0 Å². The molecule has 0 unspecified atom stereocenters. The molecular weight excluding hydrogens is 272 g/mol. The molecule has 0 saturated heterocycles. The van der Waals surface area contributed by atoms with Crippen molar-refractivity contribution in [2.75, 3.05) is 0 Å². The van der Waals surface area contributed by atoms with Crippen LogP contribution < -0.4 is 4.74 Å². The molecule has 0 aliphatic heterocycles. The van der Waals surface area contributed by atoms with Gasteiger partial charge in [0.25, 0.3) is 0 Å². The van der Waals surface area contributed by atoms with E-state index in [1.165, 1.54) is 0 Å². The predicted octanol–water partition coefficient (Wildman–Crippen LogP) is 5.59. The van der Waals surface area contributed by atoms with Crippen LogP contribution in [0.15, 0.2) is 60.8 Å². The van der Waals surface area contributed by atoms with Gasteiger partial charge < -0.3 is 9.72 Å². The van der Waals surface area contributed by atoms with Crippen molar-refractivity contribution in [2.24, 2.45) is 0 Å². The van der Waals surface area contributed by atoms with Crippen molar-refractivity contribution in [1.29, 1.82) is 0 Å². The summed E-state index contributed by atoms with van der Waals surface area (Å²) in [4.78, 5) is 6.84. The van der Waals surface area contributed by atoms with Crippen LogP contribution in [0.2, 0.25) is 0 Å². The Morgan fingerprint density at radius 1 is 1.00 bits per heavy atom. The number of ether oxygens (including phenoxy) is 1. The van der Waals surface area contributed by atoms with Crippen LogP contribution in [0, 0.1) is 6.57 Å². The molecule has 0 amide bonds. The molecule has 0 aliphatic carbocycles. The largest absolute Gasteiger partial charge is 0.457 e. The van der Waals surface area contributed by atoms with Crippen molar-refractivity contribution in [3.05, 3.63) is 77.9 Å². The minimum atomic E-state index is 0.708. The Morgan fingerprint density at radius 2 is 1.68 bits per heavy atom. The maximum Gasteiger partial charge on any atom is 0.214 e. The zero-order valence-electron chi connectivity index (χ0n) is 12.3. The van der Waals surface area contributed by atoms with Crippen molar-refractivity contribution in [2.45, 2.75) is 13.3 Å². The highest BCUT2D eigenvalue weighted by atomic mass is 16.5. The van der Waals surface area contributed by atoms with Crippen LogP contribution in [0.4, 0.5) is 5.69 Å². The first-order chi connectivity index (χ1) is 10.8. The first-order valence-corrected chi connectivity index (χ1v) is 7.23. The fourth-order valence-corrected chi connectivity index (χ4v) is 2.40. The number of aromatic amines is 1. The molecule has 3 aromatic rings. The lowest BCUT2D eigenvalue weighted by atomic mass is 10.1. The highest BCUT2D eigenvalue weighted by Crippen LogP contribution is 2.35. The summed E-state index contributed by atoms with van der Waals surface area (Å²) in [5.74, 6) is 1.59. The molecule has 108 valence electrons. The molecule has 0 radical (unpaired) electrons. The third-order valence-corrected chi connectivity index (χ3v) is 3.54. The molecule has 1 heterocycles. The van der Waals surface area contributed by atoms with Crippen molar-refractivity contribution in [3.63, 3.8) is 0 Å². The highest BCUT2D eigenvalue weighted by Gasteiger charge is 2.11. The van der Waals surface area contributed by atoms with Crippen molar-refractivity contribution in [1.82, 2.24) is 4.98 Å². The van der Waals surface area contributed by atoms with Gasteiger partial charge in [0.05, 0.1) is 6.57 Å². The van der Waals surface area contributed by atoms with Crippen molar-refractivity contribution < 1.29 is 4.74 Å². The van der Waals surface area contributed by atoms with Gasteiger partial charge in [-0.2, -0.15) is 0 Å². The maximum absolute atomic E-state index is 7.37. The normalized spacial score (nSPS) is 10.2. The molecule has 3 nitrogen and oxygen atoms in total. The van der Waals surface area contributed by atoms with Crippen molar-refractivity contribution >= 4 is 5.69 Å². The van der Waals surface area contributed by atoms with Gasteiger partial charge in [-0.1, -0.05) is 37.3 Å². The fraction of sp³-hybridized carbons (Fsp3) is 0.105. The number of H-pyrrole nitrogens is 1. The minimum absolute atomic E-state index is 0.708. The van der Waals surface area contributed by atoms with Crippen LogP contribution in [0.3, 0.4) is 0 Å². The van der Waals surface area contributed by atoms with E-state index in [-0.39, 0.29) is 0 Å². The maximum atomic E-state index is 7.37. The van der Waals surface area contributed by atoms with Crippen molar-refractivity contribution in [3.8, 4) is 22.6 Å². The summed E-state index contributed by atoms with van der Waals surface area (Å²) in [5, 5.41) is 0. The van der Waals surface area contributed by atoms with Gasteiger partial charge in [0.2, 0.25) is 5.69 Å². The molecule has 0 saturated carbocycles. The summed E-state index contributed by atoms with van der Waals surface area (Å²) in [7, 11) is 0. The number of rotatable bonds is 4. The molecule has 2 aromatic carbocycles. The van der Waals surface area contributed by atoms with E-state index in [1.807, 2.05) is 67.7 Å². The van der Waals surface area contributed by atoms with Gasteiger partial charge in [-0.25, -0.2) is 4.85 Å². The molecule has 0 atom stereocenters. The van der Waals surface area contributed by atoms with Crippen LogP contribution in [-0.2, 0) is 6.42 Å². The fourth-order valence-electron chi connectivity index (χ4n) is 2.40. The summed E-state index contributed by atoms with van der Waals surface area (Å²) < 4.78 is 5.78. The molecule has 1 aromatic heterocycles. The molecular formula is C19H16N2O. The molecule has 0 spiro atoms. The van der Waals surface area contributed by atoms with Gasteiger partial charge >= 0.3 is 0 Å². The first-order valence-electron chi connectivity index (χ1n) is 7.23. The van der Waals surface area contributed by atoms with Gasteiger partial charge in [-0.05, 0) is 42.4 Å². The molecule has 1 N–H and O–H groups in total. The lowest BCUT2D eigenvalue weighted by Crippen LogP contribution is -1.83. The second-order valence-electron chi connectivity index (χ2n) is 4.93. The molecule has 3 rings (SSSR count). The third-order valence-electron chi connectivity index (χ3n) is 3.54. The molecule has 3 heteroatoms. The summed E-state index contributed by atoms with van der Waals surface area (Å²) in [5.41, 5.74) is 3.65. The van der Waals surface area contributed by atoms with E-state index in [0.717, 1.165) is 34.7 Å². The Kier molecular flexibility index (Phi) is 3.93. The average molecular weight is 288 g/mol. The Labute approximate surface area is 130 Å². The van der Waals surface area contributed by atoms with E-state index >= 15 is 0 Å². The highest BCUT2D eigenvalue weighted by molar-refractivity contribution is 5.80. The smallest absolute Gasteiger partial charge is 0.214 e. The van der Waals surface area contributed by atoms with Crippen LogP contribution in [-0.4, -0.2) is 4.98 Å². The minimum Gasteiger partial charge on any atom is -0.457 e. The number of hydrogen-bond donors (Lipinski definition) is 1.